The molecule has 0 bridgehead atoms. The molecule has 1 fully saturated rings. The van der Waals surface area contributed by atoms with Crippen LogP contribution >= 0.6 is 0 Å². The van der Waals surface area contributed by atoms with Gasteiger partial charge >= 0.3 is 6.18 Å². The van der Waals surface area contributed by atoms with Crippen molar-refractivity contribution in [2.75, 3.05) is 0 Å². The van der Waals surface area contributed by atoms with Crippen molar-refractivity contribution in [3.63, 3.8) is 0 Å². The number of halogens is 5. The predicted molar refractivity (Wildman–Crippen MR) is 43.6 cm³/mol. The molecule has 0 radical (unpaired) electrons. The minimum absolute atomic E-state index is 0.0297. The van der Waals surface area contributed by atoms with Gasteiger partial charge in [-0.15, -0.1) is 0 Å². The van der Waals surface area contributed by atoms with Gasteiger partial charge in [-0.2, -0.15) is 13.2 Å². The van der Waals surface area contributed by atoms with E-state index in [1.807, 2.05) is 0 Å². The second kappa shape index (κ2) is 3.57. The van der Waals surface area contributed by atoms with Crippen LogP contribution in [0, 0.1) is 5.92 Å². The largest absolute Gasteiger partial charge is 0.423 e. The Morgan fingerprint density at radius 2 is 1.87 bits per heavy atom. The van der Waals surface area contributed by atoms with Crippen LogP contribution in [-0.4, -0.2) is 22.8 Å². The van der Waals surface area contributed by atoms with Crippen LogP contribution in [0.5, 0.6) is 0 Å². The van der Waals surface area contributed by atoms with Crippen LogP contribution in [-0.2, 0) is 0 Å². The van der Waals surface area contributed by atoms with Gasteiger partial charge in [-0.05, 0) is 18.8 Å². The Morgan fingerprint density at radius 3 is 2.27 bits per heavy atom. The lowest BCUT2D eigenvalue weighted by atomic mass is 9.74. The van der Waals surface area contributed by atoms with Crippen molar-refractivity contribution in [1.29, 1.82) is 0 Å². The molecule has 15 heavy (non-hydrogen) atoms. The van der Waals surface area contributed by atoms with Gasteiger partial charge in [0.2, 0.25) is 5.60 Å². The average Bonchev–Trinajstić information content (AvgIpc) is 2.08. The fourth-order valence-corrected chi connectivity index (χ4v) is 1.93. The van der Waals surface area contributed by atoms with E-state index in [0.29, 0.717) is 6.42 Å². The first-order valence-electron chi connectivity index (χ1n) is 4.81. The van der Waals surface area contributed by atoms with Crippen molar-refractivity contribution in [3.05, 3.63) is 0 Å². The summed E-state index contributed by atoms with van der Waals surface area (Å²) in [5.74, 6) is -4.56. The molecule has 0 aromatic heterocycles. The van der Waals surface area contributed by atoms with E-state index in [9.17, 15) is 22.0 Å². The Balaban J connectivity index is 2.99. The molecule has 0 aromatic rings. The lowest BCUT2D eigenvalue weighted by Crippen LogP contribution is -2.61. The third-order valence-electron chi connectivity index (χ3n) is 3.10. The van der Waals surface area contributed by atoms with Gasteiger partial charge in [0.05, 0.1) is 0 Å². The number of hydrogen-bond acceptors (Lipinski definition) is 1. The van der Waals surface area contributed by atoms with Crippen molar-refractivity contribution >= 4 is 0 Å². The summed E-state index contributed by atoms with van der Waals surface area (Å²) < 4.78 is 63.4. The second-order valence-corrected chi connectivity index (χ2v) is 4.08. The van der Waals surface area contributed by atoms with Gasteiger partial charge in [0.15, 0.2) is 0 Å². The van der Waals surface area contributed by atoms with Gasteiger partial charge in [-0.1, -0.05) is 13.3 Å². The molecular formula is C9H13F5O. The van der Waals surface area contributed by atoms with Gasteiger partial charge < -0.3 is 5.11 Å². The standard InChI is InChI=1S/C9H13F5O/c1-2-6-3-4-8(10,11)7(15,5-6)9(12,13)14/h6,15H,2-5H2,1H3. The molecule has 0 aromatic carbocycles. The third-order valence-corrected chi connectivity index (χ3v) is 3.10. The molecule has 1 aliphatic rings. The lowest BCUT2D eigenvalue weighted by molar-refractivity contribution is -0.347. The summed E-state index contributed by atoms with van der Waals surface area (Å²) in [4.78, 5) is 0. The van der Waals surface area contributed by atoms with Gasteiger partial charge in [0.25, 0.3) is 5.92 Å². The van der Waals surface area contributed by atoms with Gasteiger partial charge in [-0.25, -0.2) is 8.78 Å². The third kappa shape index (κ3) is 1.96. The highest BCUT2D eigenvalue weighted by atomic mass is 19.4. The number of aliphatic hydroxyl groups is 1. The monoisotopic (exact) mass is 232 g/mol. The Hall–Kier alpha value is -0.390. The molecule has 1 N–H and O–H groups in total. The van der Waals surface area contributed by atoms with Crippen LogP contribution in [0.15, 0.2) is 0 Å². The minimum Gasteiger partial charge on any atom is -0.376 e. The predicted octanol–water partition coefficient (Wildman–Crippen LogP) is 3.13. The van der Waals surface area contributed by atoms with Crippen LogP contribution in [0.3, 0.4) is 0 Å². The van der Waals surface area contributed by atoms with E-state index >= 15 is 0 Å². The first-order chi connectivity index (χ1) is 6.64. The van der Waals surface area contributed by atoms with E-state index in [1.54, 1.807) is 6.92 Å². The van der Waals surface area contributed by atoms with Gasteiger partial charge in [0, 0.05) is 6.42 Å². The van der Waals surface area contributed by atoms with Gasteiger partial charge in [0.1, 0.15) is 0 Å². The highest BCUT2D eigenvalue weighted by molar-refractivity contribution is 5.03. The summed E-state index contributed by atoms with van der Waals surface area (Å²) in [5, 5.41) is 9.16. The molecular weight excluding hydrogens is 219 g/mol. The Kier molecular flexibility index (Phi) is 3.02. The second-order valence-electron chi connectivity index (χ2n) is 4.08. The van der Waals surface area contributed by atoms with E-state index in [1.165, 1.54) is 0 Å². The Labute approximate surface area is 84.3 Å². The maximum atomic E-state index is 13.1. The molecule has 90 valence electrons. The highest BCUT2D eigenvalue weighted by Gasteiger charge is 2.70. The Bertz CT molecular complexity index is 237. The fraction of sp³-hybridized carbons (Fsp3) is 1.00. The van der Waals surface area contributed by atoms with Gasteiger partial charge in [-0.3, -0.25) is 0 Å². The zero-order valence-electron chi connectivity index (χ0n) is 8.24. The SMILES string of the molecule is CCC1CCC(F)(F)C(O)(C(F)(F)F)C1. The van der Waals surface area contributed by atoms with Crippen LogP contribution in [0.2, 0.25) is 0 Å². The molecule has 1 nitrogen and oxygen atoms in total. The zero-order valence-corrected chi connectivity index (χ0v) is 8.24. The maximum Gasteiger partial charge on any atom is 0.423 e. The van der Waals surface area contributed by atoms with Crippen molar-refractivity contribution in [2.24, 2.45) is 5.92 Å². The topological polar surface area (TPSA) is 20.2 Å². The Morgan fingerprint density at radius 1 is 1.33 bits per heavy atom. The molecule has 0 amide bonds. The molecule has 0 saturated heterocycles. The molecule has 0 aliphatic heterocycles. The summed E-state index contributed by atoms with van der Waals surface area (Å²) in [7, 11) is 0. The van der Waals surface area contributed by atoms with E-state index in [2.05, 4.69) is 0 Å². The highest BCUT2D eigenvalue weighted by Crippen LogP contribution is 2.52. The van der Waals surface area contributed by atoms with Crippen LogP contribution < -0.4 is 0 Å². The van der Waals surface area contributed by atoms with Crippen molar-refractivity contribution in [1.82, 2.24) is 0 Å². The quantitative estimate of drug-likeness (QED) is 0.688. The summed E-state index contributed by atoms with van der Waals surface area (Å²) in [6, 6.07) is 0. The van der Waals surface area contributed by atoms with E-state index < -0.39 is 36.5 Å². The average molecular weight is 232 g/mol. The molecule has 2 atom stereocenters. The molecule has 1 saturated carbocycles. The maximum absolute atomic E-state index is 13.1. The van der Waals surface area contributed by atoms with Crippen LogP contribution in [0.4, 0.5) is 22.0 Å². The summed E-state index contributed by atoms with van der Waals surface area (Å²) in [6.07, 6.45) is -6.68. The number of hydrogen-bond donors (Lipinski definition) is 1. The fourth-order valence-electron chi connectivity index (χ4n) is 1.93. The summed E-state index contributed by atoms with van der Waals surface area (Å²) in [6.45, 7) is 1.63. The van der Waals surface area contributed by atoms with Crippen molar-refractivity contribution in [3.8, 4) is 0 Å². The van der Waals surface area contributed by atoms with Crippen LogP contribution in [0.1, 0.15) is 32.6 Å². The van der Waals surface area contributed by atoms with E-state index in [-0.39, 0.29) is 6.42 Å². The van der Waals surface area contributed by atoms with Crippen molar-refractivity contribution < 1.29 is 27.1 Å². The molecule has 0 spiro atoms. The van der Waals surface area contributed by atoms with E-state index in [0.717, 1.165) is 0 Å². The molecule has 1 aliphatic carbocycles. The number of alkyl halides is 5. The zero-order chi connectivity index (χ0) is 11.9. The first-order valence-corrected chi connectivity index (χ1v) is 4.81. The smallest absolute Gasteiger partial charge is 0.376 e. The molecule has 1 rings (SSSR count). The first kappa shape index (κ1) is 12.7. The molecule has 0 heterocycles. The lowest BCUT2D eigenvalue weighted by Gasteiger charge is -2.43. The normalized spacial score (nSPS) is 36.6. The number of rotatable bonds is 1. The molecule has 6 heteroatoms. The van der Waals surface area contributed by atoms with Crippen LogP contribution in [0.25, 0.3) is 0 Å². The minimum atomic E-state index is -5.27. The van der Waals surface area contributed by atoms with E-state index in [4.69, 9.17) is 5.11 Å². The summed E-state index contributed by atoms with van der Waals surface area (Å²) in [5.41, 5.74) is -3.85. The molecule has 2 unspecified atom stereocenters. The summed E-state index contributed by atoms with van der Waals surface area (Å²) >= 11 is 0. The van der Waals surface area contributed by atoms with Crippen molar-refractivity contribution in [2.45, 2.75) is 50.3 Å².